The first-order valence-electron chi connectivity index (χ1n) is 9.24. The second kappa shape index (κ2) is 7.21. The fourth-order valence-corrected chi connectivity index (χ4v) is 6.63. The topological polar surface area (TPSA) is 97.8 Å². The molecule has 7 nitrogen and oxygen atoms in total. The number of fused-ring (bicyclic) bond motifs is 1. The van der Waals surface area contributed by atoms with E-state index in [1.54, 1.807) is 48.5 Å². The van der Waals surface area contributed by atoms with Crippen LogP contribution in [0.3, 0.4) is 0 Å². The summed E-state index contributed by atoms with van der Waals surface area (Å²) in [7, 11) is -4.20. The average Bonchev–Trinajstić information content (AvgIpc) is 2.88. The van der Waals surface area contributed by atoms with Gasteiger partial charge in [-0.3, -0.25) is 9.59 Å². The third-order valence-electron chi connectivity index (χ3n) is 5.75. The van der Waals surface area contributed by atoms with E-state index in [0.29, 0.717) is 11.1 Å². The Morgan fingerprint density at radius 3 is 2.00 bits per heavy atom. The van der Waals surface area contributed by atoms with E-state index in [1.165, 1.54) is 0 Å². The van der Waals surface area contributed by atoms with Crippen LogP contribution in [-0.4, -0.2) is 46.6 Å². The summed E-state index contributed by atoms with van der Waals surface area (Å²) >= 11 is 5.66. The molecule has 1 amide bonds. The molecule has 0 aliphatic carbocycles. The van der Waals surface area contributed by atoms with E-state index in [2.05, 4.69) is 0 Å². The summed E-state index contributed by atoms with van der Waals surface area (Å²) in [6.07, 6.45) is -1.14. The van der Waals surface area contributed by atoms with Gasteiger partial charge < -0.3 is 9.64 Å². The van der Waals surface area contributed by atoms with Gasteiger partial charge in [0.15, 0.2) is 26.7 Å². The van der Waals surface area contributed by atoms with Crippen molar-refractivity contribution in [1.82, 2.24) is 4.90 Å². The summed E-state index contributed by atoms with van der Waals surface area (Å²) in [5, 5.41) is -2.47. The van der Waals surface area contributed by atoms with E-state index in [9.17, 15) is 22.8 Å². The van der Waals surface area contributed by atoms with Crippen LogP contribution >= 0.6 is 11.6 Å². The van der Waals surface area contributed by atoms with Crippen LogP contribution < -0.4 is 0 Å². The normalized spacial score (nSPS) is 26.8. The molecule has 0 saturated carbocycles. The van der Waals surface area contributed by atoms with Crippen molar-refractivity contribution in [1.29, 1.82) is 0 Å². The molecule has 30 heavy (non-hydrogen) atoms. The van der Waals surface area contributed by atoms with Crippen LogP contribution in [0, 0.1) is 0 Å². The molecule has 2 aromatic rings. The molecule has 2 aliphatic rings. The molecule has 9 heteroatoms. The van der Waals surface area contributed by atoms with Crippen molar-refractivity contribution in [3.63, 3.8) is 0 Å². The van der Waals surface area contributed by atoms with Crippen molar-refractivity contribution in [2.75, 3.05) is 0 Å². The number of carbonyl (C=O) groups is 3. The van der Waals surface area contributed by atoms with Crippen molar-refractivity contribution in [3.05, 3.63) is 71.8 Å². The number of halogens is 1. The Bertz CT molecular complexity index is 1080. The number of sulfone groups is 1. The standard InChI is InChI=1S/C21H18ClNO6S/c1-21(20(22)26)18(23-15(24)12-16(23)30(21,27)28)19(25)29-17(13-8-4-2-5-9-13)14-10-6-3-7-11-14/h2-11,16-18H,12H2,1H3/t16-,18+,21-/m1/s1. The molecule has 0 bridgehead atoms. The molecule has 4 rings (SSSR count). The van der Waals surface area contributed by atoms with Gasteiger partial charge in [0, 0.05) is 0 Å². The first-order valence-corrected chi connectivity index (χ1v) is 11.2. The van der Waals surface area contributed by atoms with Crippen LogP contribution in [0.4, 0.5) is 0 Å². The molecule has 0 spiro atoms. The predicted octanol–water partition coefficient (Wildman–Crippen LogP) is 2.20. The molecule has 2 heterocycles. The molecule has 0 aromatic heterocycles. The maximum Gasteiger partial charge on any atom is 0.332 e. The number of nitrogens with zero attached hydrogens (tertiary/aromatic N) is 1. The van der Waals surface area contributed by atoms with Gasteiger partial charge in [-0.05, 0) is 29.7 Å². The lowest BCUT2D eigenvalue weighted by Crippen LogP contribution is -2.59. The number of esters is 1. The smallest absolute Gasteiger partial charge is 0.332 e. The lowest BCUT2D eigenvalue weighted by molar-refractivity contribution is -0.164. The Morgan fingerprint density at radius 1 is 1.07 bits per heavy atom. The Morgan fingerprint density at radius 2 is 1.57 bits per heavy atom. The van der Waals surface area contributed by atoms with E-state index in [4.69, 9.17) is 16.3 Å². The van der Waals surface area contributed by atoms with Gasteiger partial charge in [-0.2, -0.15) is 0 Å². The Balaban J connectivity index is 1.75. The van der Waals surface area contributed by atoms with E-state index < -0.39 is 49.2 Å². The largest absolute Gasteiger partial charge is 0.451 e. The van der Waals surface area contributed by atoms with Crippen LogP contribution in [0.25, 0.3) is 0 Å². The van der Waals surface area contributed by atoms with Crippen molar-refractivity contribution in [2.24, 2.45) is 0 Å². The van der Waals surface area contributed by atoms with Crippen molar-refractivity contribution in [2.45, 2.75) is 35.6 Å². The number of hydrogen-bond acceptors (Lipinski definition) is 6. The number of rotatable bonds is 5. The monoisotopic (exact) mass is 447 g/mol. The fourth-order valence-electron chi connectivity index (χ4n) is 4.00. The highest BCUT2D eigenvalue weighted by atomic mass is 35.5. The maximum atomic E-state index is 13.3. The van der Waals surface area contributed by atoms with Gasteiger partial charge >= 0.3 is 5.97 Å². The highest BCUT2D eigenvalue weighted by Gasteiger charge is 2.73. The molecule has 2 fully saturated rings. The summed E-state index contributed by atoms with van der Waals surface area (Å²) in [5.74, 6) is -1.54. The molecule has 3 atom stereocenters. The molecule has 2 aromatic carbocycles. The highest BCUT2D eigenvalue weighted by Crippen LogP contribution is 2.48. The van der Waals surface area contributed by atoms with E-state index in [0.717, 1.165) is 11.8 Å². The summed E-state index contributed by atoms with van der Waals surface area (Å²) in [5.41, 5.74) is 1.31. The second-order valence-corrected chi connectivity index (χ2v) is 10.3. The third-order valence-corrected chi connectivity index (χ3v) is 8.95. The first kappa shape index (κ1) is 20.6. The second-order valence-electron chi connectivity index (χ2n) is 7.43. The Hall–Kier alpha value is -2.71. The Labute approximate surface area is 178 Å². The summed E-state index contributed by atoms with van der Waals surface area (Å²) < 4.78 is 29.3. The zero-order valence-corrected chi connectivity index (χ0v) is 17.5. The highest BCUT2D eigenvalue weighted by molar-refractivity contribution is 7.95. The van der Waals surface area contributed by atoms with Crippen molar-refractivity contribution in [3.8, 4) is 0 Å². The van der Waals surface area contributed by atoms with Crippen molar-refractivity contribution < 1.29 is 27.5 Å². The Kier molecular flexibility index (Phi) is 4.94. The third kappa shape index (κ3) is 2.86. The average molecular weight is 448 g/mol. The van der Waals surface area contributed by atoms with Gasteiger partial charge in [0.25, 0.3) is 0 Å². The lowest BCUT2D eigenvalue weighted by atomic mass is 9.96. The number of benzene rings is 2. The minimum Gasteiger partial charge on any atom is -0.451 e. The van der Waals surface area contributed by atoms with Gasteiger partial charge in [-0.15, -0.1) is 0 Å². The molecular weight excluding hydrogens is 430 g/mol. The molecule has 156 valence electrons. The summed E-state index contributed by atoms with van der Waals surface area (Å²) in [4.78, 5) is 38.5. The van der Waals surface area contributed by atoms with Crippen LogP contribution in [-0.2, 0) is 29.0 Å². The SMILES string of the molecule is C[C@]1(C(=O)Cl)[C@H](C(=O)OC(c2ccccc2)c2ccccc2)N2C(=O)C[C@H]2S1(=O)=O. The van der Waals surface area contributed by atoms with Gasteiger partial charge in [0.05, 0.1) is 6.42 Å². The molecule has 0 N–H and O–H groups in total. The van der Waals surface area contributed by atoms with Gasteiger partial charge in [-0.1, -0.05) is 60.7 Å². The number of amides is 1. The maximum absolute atomic E-state index is 13.3. The fraction of sp³-hybridized carbons (Fsp3) is 0.286. The number of hydrogen-bond donors (Lipinski definition) is 0. The molecule has 0 radical (unpaired) electrons. The summed E-state index contributed by atoms with van der Waals surface area (Å²) in [6.45, 7) is 1.08. The van der Waals surface area contributed by atoms with Gasteiger partial charge in [0.1, 0.15) is 5.37 Å². The minimum atomic E-state index is -4.20. The van der Waals surface area contributed by atoms with Crippen LogP contribution in [0.1, 0.15) is 30.6 Å². The molecule has 0 unspecified atom stereocenters. The van der Waals surface area contributed by atoms with Crippen LogP contribution in [0.2, 0.25) is 0 Å². The lowest BCUT2D eigenvalue weighted by Gasteiger charge is -2.36. The van der Waals surface area contributed by atoms with E-state index in [1.807, 2.05) is 12.1 Å². The zero-order chi connectivity index (χ0) is 21.7. The number of β-lactam (4-membered cyclic amide) rings is 1. The zero-order valence-electron chi connectivity index (χ0n) is 15.9. The minimum absolute atomic E-state index is 0.285. The molecule has 2 saturated heterocycles. The molecular formula is C21H18ClNO6S. The van der Waals surface area contributed by atoms with Crippen molar-refractivity contribution >= 4 is 38.6 Å². The van der Waals surface area contributed by atoms with Crippen LogP contribution in [0.5, 0.6) is 0 Å². The van der Waals surface area contributed by atoms with E-state index in [-0.39, 0.29) is 6.42 Å². The summed E-state index contributed by atoms with van der Waals surface area (Å²) in [6, 6.07) is 16.1. The number of carbonyl (C=O) groups excluding carboxylic acids is 3. The predicted molar refractivity (Wildman–Crippen MR) is 108 cm³/mol. The number of ether oxygens (including phenoxy) is 1. The van der Waals surface area contributed by atoms with Gasteiger partial charge in [0.2, 0.25) is 11.1 Å². The molecule has 2 aliphatic heterocycles. The quantitative estimate of drug-likeness (QED) is 0.396. The first-order chi connectivity index (χ1) is 14.2. The van der Waals surface area contributed by atoms with Crippen LogP contribution in [0.15, 0.2) is 60.7 Å². The van der Waals surface area contributed by atoms with E-state index >= 15 is 0 Å². The van der Waals surface area contributed by atoms with Gasteiger partial charge in [-0.25, -0.2) is 13.2 Å².